The molecule has 4 heteroatoms. The number of aromatic amines is 1. The predicted molar refractivity (Wildman–Crippen MR) is 82.1 cm³/mol. The quantitative estimate of drug-likeness (QED) is 0.722. The SMILES string of the molecule is Cc1cccc(Cn2c(=S)[nH]c3ccc(C#N)cc32)c1. The number of hydrogen-bond donors (Lipinski definition) is 1. The minimum absolute atomic E-state index is 0.643. The molecule has 1 aromatic heterocycles. The minimum Gasteiger partial charge on any atom is -0.331 e. The van der Waals surface area contributed by atoms with Crippen LogP contribution in [0, 0.1) is 23.0 Å². The Bertz CT molecular complexity index is 881. The van der Waals surface area contributed by atoms with Crippen molar-refractivity contribution in [3.8, 4) is 6.07 Å². The number of rotatable bonds is 2. The predicted octanol–water partition coefficient (Wildman–Crippen LogP) is 3.93. The van der Waals surface area contributed by atoms with Crippen molar-refractivity contribution in [1.82, 2.24) is 9.55 Å². The molecule has 0 atom stereocenters. The molecule has 0 aliphatic carbocycles. The third kappa shape index (κ3) is 2.24. The van der Waals surface area contributed by atoms with Crippen LogP contribution in [0.25, 0.3) is 11.0 Å². The van der Waals surface area contributed by atoms with Crippen molar-refractivity contribution in [1.29, 1.82) is 5.26 Å². The van der Waals surface area contributed by atoms with Gasteiger partial charge in [-0.3, -0.25) is 0 Å². The van der Waals surface area contributed by atoms with Crippen LogP contribution in [0.1, 0.15) is 16.7 Å². The number of nitrogens with one attached hydrogen (secondary N) is 1. The van der Waals surface area contributed by atoms with Crippen LogP contribution in [0.15, 0.2) is 42.5 Å². The van der Waals surface area contributed by atoms with Crippen LogP contribution in [0.4, 0.5) is 0 Å². The number of hydrogen-bond acceptors (Lipinski definition) is 2. The largest absolute Gasteiger partial charge is 0.331 e. The summed E-state index contributed by atoms with van der Waals surface area (Å²) < 4.78 is 2.71. The fourth-order valence-electron chi connectivity index (χ4n) is 2.37. The molecule has 0 aliphatic rings. The normalized spacial score (nSPS) is 10.6. The van der Waals surface area contributed by atoms with Crippen LogP contribution >= 0.6 is 12.2 Å². The smallest absolute Gasteiger partial charge is 0.178 e. The van der Waals surface area contributed by atoms with Gasteiger partial charge in [0.1, 0.15) is 0 Å². The van der Waals surface area contributed by atoms with Crippen LogP contribution in [0.2, 0.25) is 0 Å². The van der Waals surface area contributed by atoms with Gasteiger partial charge in [0.2, 0.25) is 0 Å². The van der Waals surface area contributed by atoms with E-state index >= 15 is 0 Å². The maximum Gasteiger partial charge on any atom is 0.178 e. The van der Waals surface area contributed by atoms with Crippen molar-refractivity contribution in [2.75, 3.05) is 0 Å². The third-order valence-corrected chi connectivity index (χ3v) is 3.65. The summed E-state index contributed by atoms with van der Waals surface area (Å²) >= 11 is 5.39. The summed E-state index contributed by atoms with van der Waals surface area (Å²) in [5.41, 5.74) is 5.00. The number of aryl methyl sites for hydroxylation is 1. The lowest BCUT2D eigenvalue weighted by Gasteiger charge is -2.06. The maximum absolute atomic E-state index is 9.03. The number of aromatic nitrogens is 2. The Morgan fingerprint density at radius 1 is 1.25 bits per heavy atom. The Labute approximate surface area is 122 Å². The van der Waals surface area contributed by atoms with Crippen molar-refractivity contribution < 1.29 is 0 Å². The number of imidazole rings is 1. The standard InChI is InChI=1S/C16H13N3S/c1-11-3-2-4-13(7-11)10-19-15-8-12(9-17)5-6-14(15)18-16(19)20/h2-8H,10H2,1H3,(H,18,20). The zero-order valence-corrected chi connectivity index (χ0v) is 11.9. The van der Waals surface area contributed by atoms with E-state index in [4.69, 9.17) is 17.5 Å². The van der Waals surface area contributed by atoms with Gasteiger partial charge in [-0.1, -0.05) is 29.8 Å². The molecule has 98 valence electrons. The molecular weight excluding hydrogens is 266 g/mol. The molecular formula is C16H13N3S. The molecule has 3 nitrogen and oxygen atoms in total. The Hall–Kier alpha value is -2.38. The molecule has 0 spiro atoms. The highest BCUT2D eigenvalue weighted by atomic mass is 32.1. The fraction of sp³-hybridized carbons (Fsp3) is 0.125. The monoisotopic (exact) mass is 279 g/mol. The van der Waals surface area contributed by atoms with Gasteiger partial charge in [-0.15, -0.1) is 0 Å². The van der Waals surface area contributed by atoms with Gasteiger partial charge in [-0.25, -0.2) is 0 Å². The first kappa shape index (κ1) is 12.6. The summed E-state index contributed by atoms with van der Waals surface area (Å²) in [6.07, 6.45) is 0. The van der Waals surface area contributed by atoms with Crippen LogP contribution in [0.3, 0.4) is 0 Å². The second-order valence-corrected chi connectivity index (χ2v) is 5.24. The van der Waals surface area contributed by atoms with Crippen LogP contribution in [-0.4, -0.2) is 9.55 Å². The molecule has 0 bridgehead atoms. The van der Waals surface area contributed by atoms with Crippen LogP contribution < -0.4 is 0 Å². The van der Waals surface area contributed by atoms with Gasteiger partial charge in [0, 0.05) is 0 Å². The molecule has 0 radical (unpaired) electrons. The van der Waals surface area contributed by atoms with Gasteiger partial charge in [-0.05, 0) is 42.9 Å². The Morgan fingerprint density at radius 2 is 2.10 bits per heavy atom. The Morgan fingerprint density at radius 3 is 2.85 bits per heavy atom. The molecule has 0 unspecified atom stereocenters. The molecule has 0 saturated heterocycles. The van der Waals surface area contributed by atoms with Crippen LogP contribution in [-0.2, 0) is 6.54 Å². The average Bonchev–Trinajstić information content (AvgIpc) is 2.74. The topological polar surface area (TPSA) is 44.5 Å². The van der Waals surface area contributed by atoms with E-state index in [0.717, 1.165) is 11.0 Å². The van der Waals surface area contributed by atoms with E-state index in [1.807, 2.05) is 22.8 Å². The highest BCUT2D eigenvalue weighted by Crippen LogP contribution is 2.18. The van der Waals surface area contributed by atoms with Gasteiger partial charge in [0.15, 0.2) is 4.77 Å². The molecule has 0 saturated carbocycles. The number of H-pyrrole nitrogens is 1. The molecule has 1 N–H and O–H groups in total. The van der Waals surface area contributed by atoms with E-state index in [1.165, 1.54) is 11.1 Å². The summed E-state index contributed by atoms with van der Waals surface area (Å²) in [6, 6.07) is 16.1. The highest BCUT2D eigenvalue weighted by Gasteiger charge is 2.06. The molecule has 0 aliphatic heterocycles. The zero-order valence-electron chi connectivity index (χ0n) is 11.1. The number of fused-ring (bicyclic) bond motifs is 1. The molecule has 3 aromatic rings. The Kier molecular flexibility index (Phi) is 3.13. The van der Waals surface area contributed by atoms with E-state index in [2.05, 4.69) is 36.2 Å². The average molecular weight is 279 g/mol. The summed E-state index contributed by atoms with van der Waals surface area (Å²) in [5, 5.41) is 9.03. The fourth-order valence-corrected chi connectivity index (χ4v) is 2.65. The van der Waals surface area contributed by atoms with Crippen molar-refractivity contribution in [3.63, 3.8) is 0 Å². The molecule has 20 heavy (non-hydrogen) atoms. The minimum atomic E-state index is 0.643. The summed E-state index contributed by atoms with van der Waals surface area (Å²) in [4.78, 5) is 3.18. The van der Waals surface area contributed by atoms with E-state index in [9.17, 15) is 0 Å². The van der Waals surface area contributed by atoms with E-state index in [1.54, 1.807) is 6.07 Å². The first-order valence-electron chi connectivity index (χ1n) is 6.35. The molecule has 1 heterocycles. The number of benzene rings is 2. The van der Waals surface area contributed by atoms with Crippen molar-refractivity contribution in [2.45, 2.75) is 13.5 Å². The number of nitrogens with zero attached hydrogens (tertiary/aromatic N) is 2. The van der Waals surface area contributed by atoms with Gasteiger partial charge < -0.3 is 9.55 Å². The highest BCUT2D eigenvalue weighted by molar-refractivity contribution is 7.71. The summed E-state index contributed by atoms with van der Waals surface area (Å²) in [5.74, 6) is 0. The van der Waals surface area contributed by atoms with Crippen LogP contribution in [0.5, 0.6) is 0 Å². The lowest BCUT2D eigenvalue weighted by atomic mass is 10.1. The van der Waals surface area contributed by atoms with E-state index in [0.29, 0.717) is 16.9 Å². The van der Waals surface area contributed by atoms with Crippen molar-refractivity contribution in [2.24, 2.45) is 0 Å². The van der Waals surface area contributed by atoms with E-state index in [-0.39, 0.29) is 0 Å². The van der Waals surface area contributed by atoms with Crippen molar-refractivity contribution >= 4 is 23.3 Å². The van der Waals surface area contributed by atoms with Gasteiger partial charge in [-0.2, -0.15) is 5.26 Å². The molecule has 0 fully saturated rings. The van der Waals surface area contributed by atoms with Crippen molar-refractivity contribution in [3.05, 3.63) is 63.9 Å². The van der Waals surface area contributed by atoms with E-state index < -0.39 is 0 Å². The molecule has 2 aromatic carbocycles. The summed E-state index contributed by atoms with van der Waals surface area (Å²) in [7, 11) is 0. The van der Waals surface area contributed by atoms with Gasteiger partial charge in [0.05, 0.1) is 29.2 Å². The molecule has 3 rings (SSSR count). The van der Waals surface area contributed by atoms with Gasteiger partial charge >= 0.3 is 0 Å². The summed E-state index contributed by atoms with van der Waals surface area (Å²) in [6.45, 7) is 2.78. The lowest BCUT2D eigenvalue weighted by molar-refractivity contribution is 0.809. The Balaban J connectivity index is 2.13. The number of nitriles is 1. The lowest BCUT2D eigenvalue weighted by Crippen LogP contribution is -2.00. The maximum atomic E-state index is 9.03. The molecule has 0 amide bonds. The zero-order chi connectivity index (χ0) is 14.1. The second kappa shape index (κ2) is 4.95. The second-order valence-electron chi connectivity index (χ2n) is 4.85. The first-order valence-corrected chi connectivity index (χ1v) is 6.76. The first-order chi connectivity index (χ1) is 9.67. The van der Waals surface area contributed by atoms with Gasteiger partial charge in [0.25, 0.3) is 0 Å². The third-order valence-electron chi connectivity index (χ3n) is 3.33.